The lowest BCUT2D eigenvalue weighted by Gasteiger charge is -2.26. The molecule has 0 spiro atoms. The molecule has 2 amide bonds. The second-order valence-electron chi connectivity index (χ2n) is 10.3. The number of nitrogens with one attached hydrogen (secondary N) is 2. The van der Waals surface area contributed by atoms with E-state index in [1.807, 2.05) is 13.8 Å². The predicted octanol–water partition coefficient (Wildman–Crippen LogP) is 3.62. The smallest absolute Gasteiger partial charge is 0.251 e. The molecule has 0 aliphatic carbocycles. The minimum Gasteiger partial charge on any atom is -0.493 e. The molecule has 232 valence electrons. The summed E-state index contributed by atoms with van der Waals surface area (Å²) in [4.78, 5) is 30.7. The molecule has 2 heterocycles. The number of ether oxygens (including phenoxy) is 2. The first kappa shape index (κ1) is 32.5. The third-order valence-corrected chi connectivity index (χ3v) is 9.32. The summed E-state index contributed by atoms with van der Waals surface area (Å²) in [5.41, 5.74) is 0.337. The molecule has 4 rings (SSSR count). The van der Waals surface area contributed by atoms with Crippen molar-refractivity contribution in [1.82, 2.24) is 29.7 Å². The zero-order valence-corrected chi connectivity index (χ0v) is 26.6. The minimum atomic E-state index is -4.26. The van der Waals surface area contributed by atoms with E-state index in [1.165, 1.54) is 25.3 Å². The van der Waals surface area contributed by atoms with Crippen LogP contribution >= 0.6 is 23.2 Å². The molecular formula is C28H34Cl2N6O6S. The van der Waals surface area contributed by atoms with Crippen LogP contribution in [0.3, 0.4) is 0 Å². The first-order chi connectivity index (χ1) is 20.4. The largest absolute Gasteiger partial charge is 0.493 e. The maximum absolute atomic E-state index is 13.8. The highest BCUT2D eigenvalue weighted by molar-refractivity contribution is 7.89. The van der Waals surface area contributed by atoms with Crippen molar-refractivity contribution in [2.45, 2.75) is 44.7 Å². The summed E-state index contributed by atoms with van der Waals surface area (Å²) in [6.07, 6.45) is 0.205. The second-order valence-corrected chi connectivity index (χ2v) is 13.0. The van der Waals surface area contributed by atoms with Crippen LogP contribution in [0.4, 0.5) is 0 Å². The number of aromatic nitrogens is 3. The Kier molecular flexibility index (Phi) is 10.5. The Hall–Kier alpha value is -3.39. The summed E-state index contributed by atoms with van der Waals surface area (Å²) >= 11 is 12.3. The quantitative estimate of drug-likeness (QED) is 0.435. The molecule has 0 radical (unpaired) electrons. The number of carbonyl (C=O) groups excluding carboxylic acids is 2. The number of hydrogen-bond donors (Lipinski definition) is 2. The van der Waals surface area contributed by atoms with Gasteiger partial charge in [-0.05, 0) is 55.7 Å². The molecule has 1 aromatic heterocycles. The Labute approximate surface area is 260 Å². The van der Waals surface area contributed by atoms with E-state index in [0.29, 0.717) is 28.7 Å². The van der Waals surface area contributed by atoms with Gasteiger partial charge in [-0.3, -0.25) is 9.59 Å². The number of fused-ring (bicyclic) bond motifs is 3. The summed E-state index contributed by atoms with van der Waals surface area (Å²) in [5.74, 6) is 0.779. The zero-order chi connectivity index (χ0) is 31.3. The highest BCUT2D eigenvalue weighted by atomic mass is 35.5. The molecule has 2 N–H and O–H groups in total. The summed E-state index contributed by atoms with van der Waals surface area (Å²) in [6.45, 7) is 5.57. The molecule has 2 aromatic carbocycles. The Morgan fingerprint density at radius 2 is 1.88 bits per heavy atom. The fraction of sp³-hybridized carbons (Fsp3) is 0.429. The van der Waals surface area contributed by atoms with E-state index >= 15 is 0 Å². The first-order valence-corrected chi connectivity index (χ1v) is 15.8. The Balaban J connectivity index is 1.72. The van der Waals surface area contributed by atoms with Crippen molar-refractivity contribution < 1.29 is 27.5 Å². The second kappa shape index (κ2) is 13.9. The summed E-state index contributed by atoms with van der Waals surface area (Å²) in [5, 5.41) is 10.4. The number of rotatable bonds is 4. The van der Waals surface area contributed by atoms with E-state index in [4.69, 9.17) is 32.7 Å². The summed E-state index contributed by atoms with van der Waals surface area (Å²) in [6, 6.07) is 8.36. The van der Waals surface area contributed by atoms with Gasteiger partial charge >= 0.3 is 0 Å². The molecule has 3 aromatic rings. The van der Waals surface area contributed by atoms with Crippen molar-refractivity contribution in [3.63, 3.8) is 0 Å². The van der Waals surface area contributed by atoms with E-state index in [9.17, 15) is 18.0 Å². The molecule has 1 atom stereocenters. The van der Waals surface area contributed by atoms with Gasteiger partial charge in [-0.25, -0.2) is 18.1 Å². The van der Waals surface area contributed by atoms with Crippen LogP contribution in [-0.4, -0.2) is 72.7 Å². The number of benzene rings is 2. The molecule has 0 saturated carbocycles. The molecule has 1 aliphatic heterocycles. The van der Waals surface area contributed by atoms with E-state index in [2.05, 4.69) is 20.7 Å². The first-order valence-electron chi connectivity index (χ1n) is 13.7. The fourth-order valence-corrected chi connectivity index (χ4v) is 6.78. The number of aryl methyl sites for hydroxylation is 1. The number of methoxy groups -OCH3 is 1. The van der Waals surface area contributed by atoms with E-state index < -0.39 is 28.5 Å². The van der Waals surface area contributed by atoms with Crippen molar-refractivity contribution in [1.29, 1.82) is 0 Å². The van der Waals surface area contributed by atoms with Gasteiger partial charge in [0.25, 0.3) is 5.91 Å². The van der Waals surface area contributed by atoms with Crippen LogP contribution in [0.15, 0.2) is 41.3 Å². The maximum Gasteiger partial charge on any atom is 0.251 e. The molecule has 0 unspecified atom stereocenters. The highest BCUT2D eigenvalue weighted by Gasteiger charge is 2.31. The standard InChI is InChI=1S/C28H34Cl2N6O6S/c1-17(2)26-27-32-18(3)34-36(27)12-13-42-23-14-19(6-9-22(23)41-4)28(38)31-10-5-11-35(16-25(37)33-26)43(39,40)24-15-20(29)7-8-21(24)30/h6-9,14-15,17,26H,5,10-13,16H2,1-4H3,(H,31,38)(H,33,37)/t26-/m0/s1. The lowest BCUT2D eigenvalue weighted by Crippen LogP contribution is -2.44. The van der Waals surface area contributed by atoms with Crippen LogP contribution in [-0.2, 0) is 21.4 Å². The van der Waals surface area contributed by atoms with Gasteiger partial charge in [0.1, 0.15) is 23.2 Å². The topological polar surface area (TPSA) is 145 Å². The number of sulfonamides is 1. The Bertz CT molecular complexity index is 1600. The third-order valence-electron chi connectivity index (χ3n) is 6.75. The Morgan fingerprint density at radius 3 is 2.60 bits per heavy atom. The van der Waals surface area contributed by atoms with Crippen LogP contribution in [0.5, 0.6) is 11.5 Å². The van der Waals surface area contributed by atoms with Crippen molar-refractivity contribution >= 4 is 45.0 Å². The van der Waals surface area contributed by atoms with Crippen molar-refractivity contribution in [2.24, 2.45) is 5.92 Å². The van der Waals surface area contributed by atoms with Gasteiger partial charge in [0.05, 0.1) is 31.3 Å². The van der Waals surface area contributed by atoms with Crippen molar-refractivity contribution in [3.8, 4) is 11.5 Å². The van der Waals surface area contributed by atoms with E-state index in [1.54, 1.807) is 29.8 Å². The maximum atomic E-state index is 13.8. The van der Waals surface area contributed by atoms with Crippen molar-refractivity contribution in [2.75, 3.05) is 33.4 Å². The number of hydrogen-bond acceptors (Lipinski definition) is 8. The summed E-state index contributed by atoms with van der Waals surface area (Å²) in [7, 11) is -2.75. The molecule has 43 heavy (non-hydrogen) atoms. The van der Waals surface area contributed by atoms with Gasteiger partial charge < -0.3 is 20.1 Å². The number of amides is 2. The predicted molar refractivity (Wildman–Crippen MR) is 161 cm³/mol. The van der Waals surface area contributed by atoms with Crippen LogP contribution in [0.2, 0.25) is 10.0 Å². The number of carbonyl (C=O) groups is 2. The molecule has 15 heteroatoms. The highest BCUT2D eigenvalue weighted by Crippen LogP contribution is 2.30. The number of nitrogens with zero attached hydrogens (tertiary/aromatic N) is 4. The molecule has 12 nitrogen and oxygen atoms in total. The van der Waals surface area contributed by atoms with Gasteiger partial charge in [-0.1, -0.05) is 37.0 Å². The lowest BCUT2D eigenvalue weighted by molar-refractivity contribution is -0.122. The van der Waals surface area contributed by atoms with Crippen LogP contribution in [0, 0.1) is 12.8 Å². The molecular weight excluding hydrogens is 619 g/mol. The van der Waals surface area contributed by atoms with Crippen LogP contribution in [0.25, 0.3) is 0 Å². The van der Waals surface area contributed by atoms with Gasteiger partial charge in [0.2, 0.25) is 15.9 Å². The molecule has 0 fully saturated rings. The SMILES string of the molecule is COc1ccc2cc1OCCn1nc(C)nc1[C@H](C(C)C)NC(=O)CN(S(=O)(=O)c1cc(Cl)ccc1Cl)CCCNC2=O. The normalized spacial score (nSPS) is 17.7. The molecule has 0 saturated heterocycles. The molecule has 1 aliphatic rings. The average molecular weight is 654 g/mol. The van der Waals surface area contributed by atoms with Gasteiger partial charge in [-0.2, -0.15) is 9.40 Å². The lowest BCUT2D eigenvalue weighted by atomic mass is 10.0. The van der Waals surface area contributed by atoms with Crippen molar-refractivity contribution in [3.05, 3.63) is 63.7 Å². The minimum absolute atomic E-state index is 0.0290. The van der Waals surface area contributed by atoms with Gasteiger partial charge in [-0.15, -0.1) is 0 Å². The van der Waals surface area contributed by atoms with Crippen LogP contribution in [0.1, 0.15) is 48.3 Å². The number of halogens is 2. The van der Waals surface area contributed by atoms with Gasteiger partial charge in [0, 0.05) is 23.7 Å². The van der Waals surface area contributed by atoms with Gasteiger partial charge in [0.15, 0.2) is 11.5 Å². The monoisotopic (exact) mass is 652 g/mol. The fourth-order valence-electron chi connectivity index (χ4n) is 4.61. The van der Waals surface area contributed by atoms with E-state index in [-0.39, 0.29) is 59.4 Å². The third kappa shape index (κ3) is 7.77. The summed E-state index contributed by atoms with van der Waals surface area (Å²) < 4.78 is 41.6. The average Bonchev–Trinajstić information content (AvgIpc) is 3.33. The zero-order valence-electron chi connectivity index (χ0n) is 24.3. The van der Waals surface area contributed by atoms with E-state index in [0.717, 1.165) is 4.31 Å². The van der Waals surface area contributed by atoms with Crippen LogP contribution < -0.4 is 20.1 Å². The molecule has 2 bridgehead atoms. The Morgan fingerprint density at radius 1 is 1.12 bits per heavy atom.